The number of hydrogen-bond acceptors (Lipinski definition) is 3. The predicted molar refractivity (Wildman–Crippen MR) is 83.1 cm³/mol. The highest BCUT2D eigenvalue weighted by Crippen LogP contribution is 2.22. The first-order valence-corrected chi connectivity index (χ1v) is 7.15. The molecule has 2 atom stereocenters. The summed E-state index contributed by atoms with van der Waals surface area (Å²) in [5.74, 6) is -0.0738. The molecule has 112 valence electrons. The highest BCUT2D eigenvalue weighted by molar-refractivity contribution is 5.21. The standard InChI is InChI=1S/C17H22FN3/c1-13(17(19)15-7-3-4-8-16(15)18)11-21(2)12-14-6-5-9-20-10-14/h3-10,13,17H,11-12,19H2,1-2H3. The van der Waals surface area contributed by atoms with Crippen LogP contribution >= 0.6 is 0 Å². The molecule has 21 heavy (non-hydrogen) atoms. The second-order valence-electron chi connectivity index (χ2n) is 5.58. The molecular weight excluding hydrogens is 265 g/mol. The molecule has 3 nitrogen and oxygen atoms in total. The van der Waals surface area contributed by atoms with Crippen molar-refractivity contribution in [2.45, 2.75) is 19.5 Å². The SMILES string of the molecule is CC(CN(C)Cc1cccnc1)C(N)c1ccccc1F. The summed E-state index contributed by atoms with van der Waals surface area (Å²) in [6, 6.07) is 10.4. The van der Waals surface area contributed by atoms with Crippen molar-refractivity contribution >= 4 is 0 Å². The Morgan fingerprint density at radius 3 is 2.67 bits per heavy atom. The monoisotopic (exact) mass is 287 g/mol. The van der Waals surface area contributed by atoms with Gasteiger partial charge in [0.05, 0.1) is 0 Å². The molecule has 0 aliphatic rings. The first-order chi connectivity index (χ1) is 10.1. The Kier molecular flexibility index (Phi) is 5.42. The molecule has 1 heterocycles. The summed E-state index contributed by atoms with van der Waals surface area (Å²) in [6.45, 7) is 3.66. The van der Waals surface area contributed by atoms with Gasteiger partial charge in [-0.3, -0.25) is 4.98 Å². The molecule has 1 aromatic heterocycles. The van der Waals surface area contributed by atoms with Crippen LogP contribution in [0.5, 0.6) is 0 Å². The summed E-state index contributed by atoms with van der Waals surface area (Å²) < 4.78 is 13.8. The van der Waals surface area contributed by atoms with Crippen molar-refractivity contribution in [2.75, 3.05) is 13.6 Å². The molecule has 4 heteroatoms. The van der Waals surface area contributed by atoms with Gasteiger partial charge in [-0.15, -0.1) is 0 Å². The van der Waals surface area contributed by atoms with Gasteiger partial charge in [0.2, 0.25) is 0 Å². The van der Waals surface area contributed by atoms with Crippen LogP contribution in [0.2, 0.25) is 0 Å². The van der Waals surface area contributed by atoms with E-state index in [4.69, 9.17) is 5.73 Å². The third kappa shape index (κ3) is 4.34. The van der Waals surface area contributed by atoms with Gasteiger partial charge < -0.3 is 10.6 Å². The lowest BCUT2D eigenvalue weighted by molar-refractivity contribution is 0.256. The zero-order valence-electron chi connectivity index (χ0n) is 12.5. The highest BCUT2D eigenvalue weighted by atomic mass is 19.1. The molecule has 0 radical (unpaired) electrons. The van der Waals surface area contributed by atoms with Crippen LogP contribution in [0, 0.1) is 11.7 Å². The summed E-state index contributed by atoms with van der Waals surface area (Å²) in [4.78, 5) is 6.29. The molecule has 2 unspecified atom stereocenters. The molecule has 0 aliphatic heterocycles. The third-order valence-electron chi connectivity index (χ3n) is 3.65. The maximum atomic E-state index is 13.8. The van der Waals surface area contributed by atoms with Crippen molar-refractivity contribution in [3.8, 4) is 0 Å². The normalized spacial score (nSPS) is 14.1. The van der Waals surface area contributed by atoms with Crippen LogP contribution in [0.3, 0.4) is 0 Å². The fraction of sp³-hybridized carbons (Fsp3) is 0.353. The molecule has 0 aliphatic carbocycles. The van der Waals surface area contributed by atoms with Gasteiger partial charge in [0.25, 0.3) is 0 Å². The Morgan fingerprint density at radius 1 is 1.24 bits per heavy atom. The number of benzene rings is 1. The maximum absolute atomic E-state index is 13.8. The molecule has 2 aromatic rings. The molecular formula is C17H22FN3. The van der Waals surface area contributed by atoms with E-state index in [1.807, 2.05) is 31.4 Å². The Hall–Kier alpha value is -1.78. The van der Waals surface area contributed by atoms with Crippen molar-refractivity contribution in [1.29, 1.82) is 0 Å². The van der Waals surface area contributed by atoms with Gasteiger partial charge in [0.1, 0.15) is 5.82 Å². The van der Waals surface area contributed by atoms with Crippen LogP contribution in [-0.4, -0.2) is 23.5 Å². The van der Waals surface area contributed by atoms with Crippen LogP contribution in [0.1, 0.15) is 24.1 Å². The van der Waals surface area contributed by atoms with Crippen molar-refractivity contribution in [3.63, 3.8) is 0 Å². The maximum Gasteiger partial charge on any atom is 0.127 e. The summed E-state index contributed by atoms with van der Waals surface area (Å²) >= 11 is 0. The predicted octanol–water partition coefficient (Wildman–Crippen LogP) is 2.99. The Balaban J connectivity index is 1.94. The van der Waals surface area contributed by atoms with Gasteiger partial charge in [-0.25, -0.2) is 4.39 Å². The molecule has 0 fully saturated rings. The largest absolute Gasteiger partial charge is 0.324 e. The van der Waals surface area contributed by atoms with Crippen molar-refractivity contribution in [3.05, 3.63) is 65.7 Å². The number of aromatic nitrogens is 1. The first-order valence-electron chi connectivity index (χ1n) is 7.15. The minimum atomic E-state index is -0.303. The minimum absolute atomic E-state index is 0.156. The van der Waals surface area contributed by atoms with Gasteiger partial charge in [0, 0.05) is 37.1 Å². The van der Waals surface area contributed by atoms with E-state index in [0.29, 0.717) is 5.56 Å². The van der Waals surface area contributed by atoms with Crippen LogP contribution < -0.4 is 5.73 Å². The van der Waals surface area contributed by atoms with E-state index >= 15 is 0 Å². The van der Waals surface area contributed by atoms with Gasteiger partial charge in [-0.1, -0.05) is 31.2 Å². The van der Waals surface area contributed by atoms with Gasteiger partial charge in [-0.2, -0.15) is 0 Å². The number of nitrogens with zero attached hydrogens (tertiary/aromatic N) is 2. The van der Waals surface area contributed by atoms with Crippen LogP contribution in [0.4, 0.5) is 4.39 Å². The van der Waals surface area contributed by atoms with E-state index in [9.17, 15) is 4.39 Å². The van der Waals surface area contributed by atoms with Crippen molar-refractivity contribution < 1.29 is 4.39 Å². The zero-order chi connectivity index (χ0) is 15.2. The third-order valence-corrected chi connectivity index (χ3v) is 3.65. The average molecular weight is 287 g/mol. The van der Waals surface area contributed by atoms with E-state index < -0.39 is 0 Å². The number of nitrogens with two attached hydrogens (primary N) is 1. The Bertz CT molecular complexity index is 559. The van der Waals surface area contributed by atoms with Gasteiger partial charge >= 0.3 is 0 Å². The number of halogens is 1. The molecule has 0 saturated heterocycles. The minimum Gasteiger partial charge on any atom is -0.324 e. The fourth-order valence-electron chi connectivity index (χ4n) is 2.53. The first kappa shape index (κ1) is 15.6. The molecule has 0 saturated carbocycles. The number of pyridine rings is 1. The van der Waals surface area contributed by atoms with Crippen LogP contribution in [-0.2, 0) is 6.54 Å². The molecule has 0 spiro atoms. The molecule has 0 bridgehead atoms. The zero-order valence-corrected chi connectivity index (χ0v) is 12.5. The lowest BCUT2D eigenvalue weighted by Crippen LogP contribution is -2.31. The fourth-order valence-corrected chi connectivity index (χ4v) is 2.53. The van der Waals surface area contributed by atoms with E-state index in [1.165, 1.54) is 6.07 Å². The number of hydrogen-bond donors (Lipinski definition) is 1. The van der Waals surface area contributed by atoms with Crippen LogP contribution in [0.15, 0.2) is 48.8 Å². The molecule has 0 amide bonds. The molecule has 2 N–H and O–H groups in total. The van der Waals surface area contributed by atoms with E-state index in [2.05, 4.69) is 16.8 Å². The topological polar surface area (TPSA) is 42.2 Å². The number of rotatable bonds is 6. The second-order valence-corrected chi connectivity index (χ2v) is 5.58. The van der Waals surface area contributed by atoms with Crippen LogP contribution in [0.25, 0.3) is 0 Å². The summed E-state index contributed by atoms with van der Waals surface area (Å²) in [5.41, 5.74) is 7.94. The Morgan fingerprint density at radius 2 is 2.00 bits per heavy atom. The van der Waals surface area contributed by atoms with E-state index in [1.54, 1.807) is 18.3 Å². The smallest absolute Gasteiger partial charge is 0.127 e. The highest BCUT2D eigenvalue weighted by Gasteiger charge is 2.19. The molecule has 1 aromatic carbocycles. The lowest BCUT2D eigenvalue weighted by atomic mass is 9.94. The van der Waals surface area contributed by atoms with E-state index in [0.717, 1.165) is 18.7 Å². The van der Waals surface area contributed by atoms with Gasteiger partial charge in [-0.05, 0) is 30.7 Å². The second kappa shape index (κ2) is 7.29. The quantitative estimate of drug-likeness (QED) is 0.888. The summed E-state index contributed by atoms with van der Waals surface area (Å²) in [6.07, 6.45) is 3.62. The molecule has 2 rings (SSSR count). The average Bonchev–Trinajstić information content (AvgIpc) is 2.48. The Labute approximate surface area is 125 Å². The summed E-state index contributed by atoms with van der Waals surface area (Å²) in [7, 11) is 2.04. The van der Waals surface area contributed by atoms with Gasteiger partial charge in [0.15, 0.2) is 0 Å². The lowest BCUT2D eigenvalue weighted by Gasteiger charge is -2.26. The summed E-state index contributed by atoms with van der Waals surface area (Å²) in [5, 5.41) is 0. The van der Waals surface area contributed by atoms with Crippen molar-refractivity contribution in [1.82, 2.24) is 9.88 Å². The van der Waals surface area contributed by atoms with E-state index in [-0.39, 0.29) is 17.8 Å². The van der Waals surface area contributed by atoms with Crippen molar-refractivity contribution in [2.24, 2.45) is 11.7 Å².